The van der Waals surface area contributed by atoms with Crippen LogP contribution in [-0.4, -0.2) is 0 Å². The molecule has 0 aromatic heterocycles. The summed E-state index contributed by atoms with van der Waals surface area (Å²) in [7, 11) is 0. The fraction of sp³-hybridized carbons (Fsp3) is 0.143. The summed E-state index contributed by atoms with van der Waals surface area (Å²) >= 11 is 3.30. The predicted molar refractivity (Wildman–Crippen MR) is 45.5 cm³/mol. The fourth-order valence-corrected chi connectivity index (χ4v) is 1.06. The predicted octanol–water partition coefficient (Wildman–Crippen LogP) is 2.64. The van der Waals surface area contributed by atoms with E-state index in [1.807, 2.05) is 12.1 Å². The van der Waals surface area contributed by atoms with Crippen molar-refractivity contribution in [3.63, 3.8) is 0 Å². The van der Waals surface area contributed by atoms with Gasteiger partial charge in [0.2, 0.25) is 0 Å². The van der Waals surface area contributed by atoms with Crippen molar-refractivity contribution in [3.05, 3.63) is 34.7 Å². The van der Waals surface area contributed by atoms with Gasteiger partial charge in [-0.15, -0.1) is 4.91 Å². The van der Waals surface area contributed by atoms with Crippen molar-refractivity contribution in [2.75, 3.05) is 0 Å². The van der Waals surface area contributed by atoms with Crippen molar-refractivity contribution >= 4 is 15.9 Å². The first-order valence-corrected chi connectivity index (χ1v) is 4.13. The van der Waals surface area contributed by atoms with Crippen LogP contribution in [-0.2, 0) is 5.33 Å². The molecule has 58 valence electrons. The molecule has 0 fully saturated rings. The molecule has 0 saturated carbocycles. The molecule has 0 amide bonds. The summed E-state index contributed by atoms with van der Waals surface area (Å²) in [6, 6.07) is 7.10. The Morgan fingerprint density at radius 1 is 1.36 bits per heavy atom. The Morgan fingerprint density at radius 2 is 2.00 bits per heavy atom. The molecule has 0 aliphatic rings. The first kappa shape index (κ1) is 8.20. The molecule has 1 aromatic carbocycles. The van der Waals surface area contributed by atoms with Crippen molar-refractivity contribution in [1.29, 1.82) is 0 Å². The Bertz CT molecular complexity index is 235. The number of rotatable bonds is 3. The lowest BCUT2D eigenvalue weighted by atomic mass is 10.2. The Balaban J connectivity index is 2.74. The second-order valence-electron chi connectivity index (χ2n) is 1.94. The van der Waals surface area contributed by atoms with Gasteiger partial charge >= 0.3 is 0 Å². The molecule has 0 heterocycles. The number of nitrogens with zero attached hydrogens (tertiary/aromatic N) is 1. The van der Waals surface area contributed by atoms with E-state index >= 15 is 0 Å². The molecule has 1 rings (SSSR count). The van der Waals surface area contributed by atoms with Gasteiger partial charge in [-0.25, -0.2) is 0 Å². The minimum Gasteiger partial charge on any atom is -0.324 e. The van der Waals surface area contributed by atoms with Gasteiger partial charge in [0.15, 0.2) is 11.1 Å². The zero-order valence-electron chi connectivity index (χ0n) is 5.66. The molecule has 0 bridgehead atoms. The van der Waals surface area contributed by atoms with E-state index in [1.165, 1.54) is 0 Å². The quantitative estimate of drug-likeness (QED) is 0.442. The molecule has 0 N–H and O–H groups in total. The third-order valence-electron chi connectivity index (χ3n) is 1.22. The average molecular weight is 216 g/mol. The van der Waals surface area contributed by atoms with E-state index in [4.69, 9.17) is 0 Å². The Hall–Kier alpha value is -0.900. The minimum atomic E-state index is 0.463. The lowest BCUT2D eigenvalue weighted by Gasteiger charge is -1.95. The van der Waals surface area contributed by atoms with Crippen molar-refractivity contribution in [1.82, 2.24) is 0 Å². The van der Waals surface area contributed by atoms with Gasteiger partial charge in [0.05, 0.1) is 0 Å². The third-order valence-corrected chi connectivity index (χ3v) is 1.87. The Morgan fingerprint density at radius 3 is 2.45 bits per heavy atom. The minimum absolute atomic E-state index is 0.463. The standard InChI is InChI=1S/C7H6BrNO2/c8-5-6-1-3-7(4-2-6)11-9-10/h1-4H,5H2. The number of alkyl halides is 1. The van der Waals surface area contributed by atoms with Crippen LogP contribution >= 0.6 is 15.9 Å². The third kappa shape index (κ3) is 2.31. The second kappa shape index (κ2) is 4.08. The van der Waals surface area contributed by atoms with Crippen LogP contribution in [0.15, 0.2) is 29.6 Å². The highest BCUT2D eigenvalue weighted by molar-refractivity contribution is 9.08. The van der Waals surface area contributed by atoms with E-state index in [0.717, 1.165) is 10.9 Å². The Kier molecular flexibility index (Phi) is 3.04. The average Bonchev–Trinajstić information content (AvgIpc) is 2.07. The normalized spacial score (nSPS) is 9.18. The Labute approximate surface area is 72.4 Å². The summed E-state index contributed by atoms with van der Waals surface area (Å²) in [5.74, 6) is 0.463. The number of halogens is 1. The monoisotopic (exact) mass is 215 g/mol. The topological polar surface area (TPSA) is 38.7 Å². The fourth-order valence-electron chi connectivity index (χ4n) is 0.682. The van der Waals surface area contributed by atoms with Crippen molar-refractivity contribution < 1.29 is 4.84 Å². The van der Waals surface area contributed by atoms with Crippen LogP contribution in [0.1, 0.15) is 5.56 Å². The smallest absolute Gasteiger partial charge is 0.161 e. The van der Waals surface area contributed by atoms with Gasteiger partial charge in [0.1, 0.15) is 0 Å². The maximum atomic E-state index is 9.65. The van der Waals surface area contributed by atoms with Gasteiger partial charge in [0, 0.05) is 5.33 Å². The first-order chi connectivity index (χ1) is 5.36. The maximum absolute atomic E-state index is 9.65. The molecule has 0 aliphatic carbocycles. The summed E-state index contributed by atoms with van der Waals surface area (Å²) in [6.07, 6.45) is 0. The molecular weight excluding hydrogens is 210 g/mol. The van der Waals surface area contributed by atoms with Gasteiger partial charge in [0.25, 0.3) is 0 Å². The van der Waals surface area contributed by atoms with Gasteiger partial charge in [-0.05, 0) is 17.7 Å². The highest BCUT2D eigenvalue weighted by Gasteiger charge is 1.92. The lowest BCUT2D eigenvalue weighted by Crippen LogP contribution is -1.81. The highest BCUT2D eigenvalue weighted by atomic mass is 79.9. The van der Waals surface area contributed by atoms with E-state index in [9.17, 15) is 4.91 Å². The van der Waals surface area contributed by atoms with Crippen LogP contribution in [0.2, 0.25) is 0 Å². The summed E-state index contributed by atoms with van der Waals surface area (Å²) in [4.78, 5) is 14.0. The summed E-state index contributed by atoms with van der Waals surface area (Å²) in [5.41, 5.74) is 1.13. The number of benzene rings is 1. The van der Waals surface area contributed by atoms with Crippen molar-refractivity contribution in [2.24, 2.45) is 5.34 Å². The second-order valence-corrected chi connectivity index (χ2v) is 2.50. The maximum Gasteiger partial charge on any atom is 0.161 e. The molecule has 4 heteroatoms. The molecular formula is C7H6BrNO2. The van der Waals surface area contributed by atoms with E-state index < -0.39 is 0 Å². The highest BCUT2D eigenvalue weighted by Crippen LogP contribution is 2.13. The van der Waals surface area contributed by atoms with Gasteiger partial charge in [-0.3, -0.25) is 0 Å². The SMILES string of the molecule is O=NOc1ccc(CBr)cc1. The van der Waals surface area contributed by atoms with E-state index in [2.05, 4.69) is 26.1 Å². The first-order valence-electron chi connectivity index (χ1n) is 3.01. The van der Waals surface area contributed by atoms with E-state index in [1.54, 1.807) is 12.1 Å². The molecule has 11 heavy (non-hydrogen) atoms. The molecule has 0 unspecified atom stereocenters. The molecule has 0 aliphatic heterocycles. The van der Waals surface area contributed by atoms with Crippen LogP contribution in [0.25, 0.3) is 0 Å². The molecule has 0 saturated heterocycles. The molecule has 0 atom stereocenters. The zero-order chi connectivity index (χ0) is 8.10. The van der Waals surface area contributed by atoms with Crippen LogP contribution in [0.3, 0.4) is 0 Å². The molecule has 1 aromatic rings. The molecule has 0 spiro atoms. The number of hydrogen-bond acceptors (Lipinski definition) is 3. The number of hydrogen-bond donors (Lipinski definition) is 0. The largest absolute Gasteiger partial charge is 0.324 e. The van der Waals surface area contributed by atoms with Crippen LogP contribution in [0.5, 0.6) is 5.75 Å². The molecule has 0 radical (unpaired) electrons. The summed E-state index contributed by atoms with van der Waals surface area (Å²) in [5, 5.41) is 3.09. The lowest BCUT2D eigenvalue weighted by molar-refractivity contribution is 0.335. The summed E-state index contributed by atoms with van der Waals surface area (Å²) < 4.78 is 0. The van der Waals surface area contributed by atoms with E-state index in [0.29, 0.717) is 5.75 Å². The zero-order valence-corrected chi connectivity index (χ0v) is 7.24. The van der Waals surface area contributed by atoms with Crippen LogP contribution in [0, 0.1) is 4.91 Å². The summed E-state index contributed by atoms with van der Waals surface area (Å²) in [6.45, 7) is 0. The van der Waals surface area contributed by atoms with Crippen molar-refractivity contribution in [3.8, 4) is 5.75 Å². The van der Waals surface area contributed by atoms with Crippen LogP contribution in [0.4, 0.5) is 0 Å². The van der Waals surface area contributed by atoms with Crippen molar-refractivity contribution in [2.45, 2.75) is 5.33 Å². The van der Waals surface area contributed by atoms with E-state index in [-0.39, 0.29) is 0 Å². The van der Waals surface area contributed by atoms with Gasteiger partial charge < -0.3 is 4.84 Å². The molecule has 3 nitrogen and oxygen atoms in total. The van der Waals surface area contributed by atoms with Crippen LogP contribution < -0.4 is 4.84 Å². The van der Waals surface area contributed by atoms with Gasteiger partial charge in [-0.2, -0.15) is 0 Å². The van der Waals surface area contributed by atoms with Gasteiger partial charge in [-0.1, -0.05) is 28.1 Å².